The van der Waals surface area contributed by atoms with Crippen LogP contribution in [0.25, 0.3) is 0 Å². The Bertz CT molecular complexity index is 1340. The van der Waals surface area contributed by atoms with Crippen molar-refractivity contribution in [1.29, 1.82) is 0 Å². The van der Waals surface area contributed by atoms with Gasteiger partial charge in [0, 0.05) is 26.3 Å². The van der Waals surface area contributed by atoms with E-state index in [0.717, 1.165) is 36.8 Å². The van der Waals surface area contributed by atoms with Gasteiger partial charge >= 0.3 is 0 Å². The van der Waals surface area contributed by atoms with Gasteiger partial charge in [0.1, 0.15) is 0 Å². The third-order valence-corrected chi connectivity index (χ3v) is 11.8. The number of ether oxygens (including phenoxy) is 2. The largest absolute Gasteiger partial charge is 0.377 e. The molecule has 2 saturated heterocycles. The Kier molecular flexibility index (Phi) is 8.39. The first-order valence-corrected chi connectivity index (χ1v) is 16.7. The second-order valence-electron chi connectivity index (χ2n) is 11.0. The lowest BCUT2D eigenvalue weighted by molar-refractivity contribution is 0.0628. The van der Waals surface area contributed by atoms with Gasteiger partial charge in [-0.15, -0.1) is 0 Å². The highest BCUT2D eigenvalue weighted by Gasteiger charge is 2.53. The summed E-state index contributed by atoms with van der Waals surface area (Å²) >= 11 is 0. The van der Waals surface area contributed by atoms with Gasteiger partial charge in [-0.1, -0.05) is 48.6 Å². The van der Waals surface area contributed by atoms with E-state index in [1.807, 2.05) is 13.8 Å². The quantitative estimate of drug-likeness (QED) is 0.414. The average molecular weight is 587 g/mol. The average Bonchev–Trinajstić information content (AvgIpc) is 3.64. The number of hydrogen-bond donors (Lipinski definition) is 0. The Labute approximate surface area is 238 Å². The fourth-order valence-electron chi connectivity index (χ4n) is 5.72. The summed E-state index contributed by atoms with van der Waals surface area (Å²) < 4.78 is 71.3. The molecule has 4 atom stereocenters. The molecule has 2 heterocycles. The lowest BCUT2D eigenvalue weighted by Gasteiger charge is -2.51. The van der Waals surface area contributed by atoms with E-state index < -0.39 is 32.1 Å². The standard InChI is InChI=1S/C30H38N2O6S2/c1-21-9-13-27(14-10-21)39(33,34)31(19-25-7-5-17-37-25)29-23(3)24(4)30(29)32(20-26-8-6-18-38-26)40(35,36)28-15-11-22(2)12-16-28/h9-16,25-26,29-30H,3-8,17-20H2,1-2H3/t25?,26?,29-,30-/m0/s1. The summed E-state index contributed by atoms with van der Waals surface area (Å²) in [6.45, 7) is 13.5. The van der Waals surface area contributed by atoms with E-state index in [4.69, 9.17) is 9.47 Å². The smallest absolute Gasteiger partial charge is 0.243 e. The second kappa shape index (κ2) is 11.5. The number of rotatable bonds is 10. The van der Waals surface area contributed by atoms with Crippen molar-refractivity contribution in [3.05, 3.63) is 84.0 Å². The molecular weight excluding hydrogens is 548 g/mol. The second-order valence-corrected chi connectivity index (χ2v) is 14.8. The van der Waals surface area contributed by atoms with Gasteiger partial charge < -0.3 is 9.47 Å². The van der Waals surface area contributed by atoms with Crippen LogP contribution in [-0.4, -0.2) is 76.0 Å². The zero-order chi connectivity index (χ0) is 28.7. The van der Waals surface area contributed by atoms with E-state index in [1.54, 1.807) is 48.5 Å². The summed E-state index contributed by atoms with van der Waals surface area (Å²) in [6, 6.07) is 11.7. The van der Waals surface area contributed by atoms with E-state index in [9.17, 15) is 16.8 Å². The van der Waals surface area contributed by atoms with Crippen molar-refractivity contribution in [3.63, 3.8) is 0 Å². The van der Waals surface area contributed by atoms with Crippen LogP contribution in [0.3, 0.4) is 0 Å². The lowest BCUT2D eigenvalue weighted by atomic mass is 9.76. The maximum absolute atomic E-state index is 14.2. The van der Waals surface area contributed by atoms with Gasteiger partial charge in [0.05, 0.1) is 34.1 Å². The third kappa shape index (κ3) is 5.57. The molecule has 1 aliphatic carbocycles. The van der Waals surface area contributed by atoms with Crippen LogP contribution in [0.2, 0.25) is 0 Å². The molecule has 8 nitrogen and oxygen atoms in total. The Morgan fingerprint density at radius 2 is 1.02 bits per heavy atom. The Morgan fingerprint density at radius 1 is 0.675 bits per heavy atom. The van der Waals surface area contributed by atoms with Gasteiger partial charge in [0.25, 0.3) is 0 Å². The summed E-state index contributed by atoms with van der Waals surface area (Å²) in [5.41, 5.74) is 2.90. The van der Waals surface area contributed by atoms with Crippen molar-refractivity contribution >= 4 is 20.0 Å². The molecule has 1 saturated carbocycles. The van der Waals surface area contributed by atoms with Gasteiger partial charge in [0.2, 0.25) is 20.0 Å². The first kappa shape index (κ1) is 29.2. The van der Waals surface area contributed by atoms with Crippen molar-refractivity contribution in [2.24, 2.45) is 0 Å². The Morgan fingerprint density at radius 3 is 1.32 bits per heavy atom. The van der Waals surface area contributed by atoms with Crippen LogP contribution in [0.4, 0.5) is 0 Å². The minimum Gasteiger partial charge on any atom is -0.377 e. The Hall–Kier alpha value is -2.34. The van der Waals surface area contributed by atoms with Crippen molar-refractivity contribution in [2.75, 3.05) is 26.3 Å². The monoisotopic (exact) mass is 586 g/mol. The van der Waals surface area contributed by atoms with Crippen molar-refractivity contribution in [2.45, 2.75) is 73.6 Å². The molecule has 10 heteroatoms. The van der Waals surface area contributed by atoms with Crippen LogP contribution >= 0.6 is 0 Å². The number of benzene rings is 2. The molecule has 2 aliphatic heterocycles. The number of nitrogens with zero attached hydrogens (tertiary/aromatic N) is 2. The molecule has 0 N–H and O–H groups in total. The zero-order valence-corrected chi connectivity index (χ0v) is 24.8. The van der Waals surface area contributed by atoms with Crippen LogP contribution in [-0.2, 0) is 29.5 Å². The fraction of sp³-hybridized carbons (Fsp3) is 0.467. The first-order chi connectivity index (χ1) is 19.0. The van der Waals surface area contributed by atoms with E-state index in [2.05, 4.69) is 13.2 Å². The lowest BCUT2D eigenvalue weighted by Crippen LogP contribution is -2.64. The van der Waals surface area contributed by atoms with E-state index in [-0.39, 0.29) is 35.1 Å². The topological polar surface area (TPSA) is 93.2 Å². The third-order valence-electron chi connectivity index (χ3n) is 8.12. The zero-order valence-electron chi connectivity index (χ0n) is 23.2. The number of aryl methyl sites for hydroxylation is 2. The Balaban J connectivity index is 1.58. The fourth-order valence-corrected chi connectivity index (χ4v) is 9.03. The van der Waals surface area contributed by atoms with Gasteiger partial charge in [-0.05, 0) is 74.9 Å². The molecule has 2 aromatic carbocycles. The van der Waals surface area contributed by atoms with E-state index in [0.29, 0.717) is 24.4 Å². The van der Waals surface area contributed by atoms with Crippen LogP contribution in [0.1, 0.15) is 36.8 Å². The van der Waals surface area contributed by atoms with Crippen LogP contribution in [0.15, 0.2) is 82.6 Å². The predicted molar refractivity (Wildman–Crippen MR) is 154 cm³/mol. The predicted octanol–water partition coefficient (Wildman–Crippen LogP) is 4.21. The van der Waals surface area contributed by atoms with E-state index >= 15 is 0 Å². The molecule has 40 heavy (non-hydrogen) atoms. The highest BCUT2D eigenvalue weighted by atomic mass is 32.2. The minimum atomic E-state index is -4.03. The van der Waals surface area contributed by atoms with Gasteiger partial charge in [-0.3, -0.25) is 0 Å². The first-order valence-electron chi connectivity index (χ1n) is 13.8. The number of sulfonamides is 2. The molecule has 0 aromatic heterocycles. The van der Waals surface area contributed by atoms with Crippen LogP contribution in [0.5, 0.6) is 0 Å². The van der Waals surface area contributed by atoms with Crippen molar-refractivity contribution in [3.8, 4) is 0 Å². The van der Waals surface area contributed by atoms with Gasteiger partial charge in [-0.2, -0.15) is 8.61 Å². The summed E-state index contributed by atoms with van der Waals surface area (Å²) in [5.74, 6) is 0. The molecule has 2 aromatic rings. The van der Waals surface area contributed by atoms with E-state index in [1.165, 1.54) is 8.61 Å². The highest BCUT2D eigenvalue weighted by Crippen LogP contribution is 2.44. The summed E-state index contributed by atoms with van der Waals surface area (Å²) in [4.78, 5) is 0.291. The summed E-state index contributed by atoms with van der Waals surface area (Å²) in [5, 5.41) is 0. The van der Waals surface area contributed by atoms with Gasteiger partial charge in [0.15, 0.2) is 0 Å². The molecule has 0 bridgehead atoms. The maximum atomic E-state index is 14.2. The van der Waals surface area contributed by atoms with Crippen molar-refractivity contribution < 1.29 is 26.3 Å². The maximum Gasteiger partial charge on any atom is 0.243 e. The molecule has 0 amide bonds. The molecule has 0 spiro atoms. The molecule has 2 unspecified atom stereocenters. The molecule has 216 valence electrons. The summed E-state index contributed by atoms with van der Waals surface area (Å²) in [6.07, 6.45) is 2.57. The molecule has 3 fully saturated rings. The SMILES string of the molecule is C=C1C(=C)[C@H](N(CC2CCCO2)S(=O)(=O)c2ccc(C)cc2)[C@H]1N(CC1CCCO1)S(=O)(=O)c1ccc(C)cc1. The highest BCUT2D eigenvalue weighted by molar-refractivity contribution is 7.89. The molecule has 5 rings (SSSR count). The summed E-state index contributed by atoms with van der Waals surface area (Å²) in [7, 11) is -8.07. The van der Waals surface area contributed by atoms with Crippen LogP contribution in [0, 0.1) is 13.8 Å². The molecule has 0 radical (unpaired) electrons. The number of hydrogen-bond acceptors (Lipinski definition) is 6. The molecule has 3 aliphatic rings. The minimum absolute atomic E-state index is 0.0992. The normalized spacial score (nSPS) is 25.6. The molecular formula is C30H38N2O6S2. The van der Waals surface area contributed by atoms with Gasteiger partial charge in [-0.25, -0.2) is 16.8 Å². The van der Waals surface area contributed by atoms with Crippen molar-refractivity contribution in [1.82, 2.24) is 8.61 Å². The van der Waals surface area contributed by atoms with Crippen LogP contribution < -0.4 is 0 Å².